The number of hydrogen-bond donors (Lipinski definition) is 1. The van der Waals surface area contributed by atoms with Crippen LogP contribution in [0.25, 0.3) is 0 Å². The van der Waals surface area contributed by atoms with Gasteiger partial charge in [0.1, 0.15) is 0 Å². The van der Waals surface area contributed by atoms with Crippen LogP contribution in [0.2, 0.25) is 0 Å². The molecule has 0 aliphatic rings. The van der Waals surface area contributed by atoms with Gasteiger partial charge in [0.25, 0.3) is 0 Å². The SMILES string of the molecule is CCOC(=O)CCCCCN[C@@H](C)c1cccnc1. The normalized spacial score (nSPS) is 12.1. The minimum absolute atomic E-state index is 0.0841. The molecule has 0 amide bonds. The highest BCUT2D eigenvalue weighted by molar-refractivity contribution is 5.69. The first-order valence-electron chi connectivity index (χ1n) is 7.03. The monoisotopic (exact) mass is 264 g/mol. The number of pyridine rings is 1. The van der Waals surface area contributed by atoms with Gasteiger partial charge in [-0.3, -0.25) is 9.78 Å². The Morgan fingerprint density at radius 3 is 2.95 bits per heavy atom. The molecule has 106 valence electrons. The van der Waals surface area contributed by atoms with Crippen LogP contribution in [0.15, 0.2) is 24.5 Å². The molecule has 0 bridgehead atoms. The molecule has 1 aromatic heterocycles. The van der Waals surface area contributed by atoms with Crippen LogP contribution in [0.1, 0.15) is 51.1 Å². The predicted octanol–water partition coefficient (Wildman–Crippen LogP) is 2.86. The largest absolute Gasteiger partial charge is 0.466 e. The second-order valence-electron chi connectivity index (χ2n) is 4.58. The van der Waals surface area contributed by atoms with Crippen molar-refractivity contribution in [3.05, 3.63) is 30.1 Å². The second-order valence-corrected chi connectivity index (χ2v) is 4.58. The number of hydrogen-bond acceptors (Lipinski definition) is 4. The van der Waals surface area contributed by atoms with Crippen molar-refractivity contribution in [2.24, 2.45) is 0 Å². The second kappa shape index (κ2) is 9.50. The van der Waals surface area contributed by atoms with E-state index >= 15 is 0 Å². The molecule has 1 atom stereocenters. The zero-order chi connectivity index (χ0) is 13.9. The summed E-state index contributed by atoms with van der Waals surface area (Å²) < 4.78 is 4.88. The highest BCUT2D eigenvalue weighted by atomic mass is 16.5. The van der Waals surface area contributed by atoms with Crippen molar-refractivity contribution in [2.75, 3.05) is 13.2 Å². The van der Waals surface area contributed by atoms with Crippen molar-refractivity contribution < 1.29 is 9.53 Å². The van der Waals surface area contributed by atoms with Gasteiger partial charge in [-0.15, -0.1) is 0 Å². The molecule has 0 aliphatic carbocycles. The maximum Gasteiger partial charge on any atom is 0.305 e. The Balaban J connectivity index is 2.03. The van der Waals surface area contributed by atoms with Crippen molar-refractivity contribution in [1.29, 1.82) is 0 Å². The fraction of sp³-hybridized carbons (Fsp3) is 0.600. The number of nitrogens with zero attached hydrogens (tertiary/aromatic N) is 1. The third kappa shape index (κ3) is 6.91. The van der Waals surface area contributed by atoms with E-state index in [2.05, 4.69) is 23.3 Å². The van der Waals surface area contributed by atoms with Crippen LogP contribution in [0.5, 0.6) is 0 Å². The minimum Gasteiger partial charge on any atom is -0.466 e. The van der Waals surface area contributed by atoms with Crippen LogP contribution in [0.3, 0.4) is 0 Å². The maximum atomic E-state index is 11.1. The molecule has 0 aliphatic heterocycles. The zero-order valence-electron chi connectivity index (χ0n) is 11.9. The summed E-state index contributed by atoms with van der Waals surface area (Å²) in [7, 11) is 0. The lowest BCUT2D eigenvalue weighted by Gasteiger charge is -2.13. The van der Waals surface area contributed by atoms with Gasteiger partial charge in [-0.25, -0.2) is 0 Å². The first kappa shape index (κ1) is 15.6. The van der Waals surface area contributed by atoms with Gasteiger partial charge in [0, 0.05) is 24.9 Å². The number of nitrogens with one attached hydrogen (secondary N) is 1. The van der Waals surface area contributed by atoms with E-state index in [0.717, 1.165) is 25.8 Å². The minimum atomic E-state index is -0.0841. The van der Waals surface area contributed by atoms with E-state index in [-0.39, 0.29) is 5.97 Å². The third-order valence-corrected chi connectivity index (χ3v) is 3.00. The summed E-state index contributed by atoms with van der Waals surface area (Å²) in [5, 5.41) is 3.46. The van der Waals surface area contributed by atoms with Gasteiger partial charge in [0.2, 0.25) is 0 Å². The zero-order valence-corrected chi connectivity index (χ0v) is 11.9. The van der Waals surface area contributed by atoms with Crippen molar-refractivity contribution in [2.45, 2.75) is 45.6 Å². The molecule has 1 rings (SSSR count). The summed E-state index contributed by atoms with van der Waals surface area (Å²) in [5.74, 6) is -0.0841. The van der Waals surface area contributed by atoms with Gasteiger partial charge in [-0.1, -0.05) is 12.5 Å². The Hall–Kier alpha value is -1.42. The van der Waals surface area contributed by atoms with Gasteiger partial charge >= 0.3 is 5.97 Å². The smallest absolute Gasteiger partial charge is 0.305 e. The van der Waals surface area contributed by atoms with E-state index in [9.17, 15) is 4.79 Å². The predicted molar refractivity (Wildman–Crippen MR) is 75.8 cm³/mol. The number of carbonyl (C=O) groups is 1. The summed E-state index contributed by atoms with van der Waals surface area (Å²) in [6.45, 7) is 5.40. The molecular formula is C15H24N2O2. The topological polar surface area (TPSA) is 51.2 Å². The quantitative estimate of drug-likeness (QED) is 0.550. The molecule has 0 radical (unpaired) electrons. The van der Waals surface area contributed by atoms with Crippen molar-refractivity contribution in [3.63, 3.8) is 0 Å². The van der Waals surface area contributed by atoms with E-state index in [0.29, 0.717) is 19.1 Å². The number of aromatic nitrogens is 1. The van der Waals surface area contributed by atoms with Crippen LogP contribution >= 0.6 is 0 Å². The van der Waals surface area contributed by atoms with E-state index in [1.54, 1.807) is 6.20 Å². The molecule has 1 aromatic rings. The van der Waals surface area contributed by atoms with Gasteiger partial charge in [-0.2, -0.15) is 0 Å². The van der Waals surface area contributed by atoms with Crippen LogP contribution in [-0.2, 0) is 9.53 Å². The standard InChI is InChI=1S/C15H24N2O2/c1-3-19-15(18)9-5-4-6-11-17-13(2)14-8-7-10-16-12-14/h7-8,10,12-13,17H,3-6,9,11H2,1-2H3/t13-/m0/s1. The number of ether oxygens (including phenoxy) is 1. The number of carbonyl (C=O) groups excluding carboxylic acids is 1. The maximum absolute atomic E-state index is 11.1. The molecule has 0 saturated carbocycles. The Morgan fingerprint density at radius 1 is 1.42 bits per heavy atom. The summed E-state index contributed by atoms with van der Waals surface area (Å²) in [4.78, 5) is 15.2. The molecular weight excluding hydrogens is 240 g/mol. The molecule has 0 spiro atoms. The molecule has 4 nitrogen and oxygen atoms in total. The van der Waals surface area contributed by atoms with E-state index in [1.807, 2.05) is 19.2 Å². The van der Waals surface area contributed by atoms with Crippen molar-refractivity contribution in [1.82, 2.24) is 10.3 Å². The summed E-state index contributed by atoms with van der Waals surface area (Å²) >= 11 is 0. The Kier molecular flexibility index (Phi) is 7.82. The molecule has 1 heterocycles. The van der Waals surface area contributed by atoms with Gasteiger partial charge in [-0.05, 0) is 44.9 Å². The summed E-state index contributed by atoms with van der Waals surface area (Å²) in [5.41, 5.74) is 1.20. The van der Waals surface area contributed by atoms with Gasteiger partial charge < -0.3 is 10.1 Å². The van der Waals surface area contributed by atoms with Crippen molar-refractivity contribution in [3.8, 4) is 0 Å². The highest BCUT2D eigenvalue weighted by Crippen LogP contribution is 2.10. The molecule has 0 fully saturated rings. The first-order valence-corrected chi connectivity index (χ1v) is 7.03. The van der Waals surface area contributed by atoms with Crippen LogP contribution in [-0.4, -0.2) is 24.1 Å². The average molecular weight is 264 g/mol. The lowest BCUT2D eigenvalue weighted by Crippen LogP contribution is -2.19. The lowest BCUT2D eigenvalue weighted by molar-refractivity contribution is -0.143. The van der Waals surface area contributed by atoms with Crippen LogP contribution < -0.4 is 5.32 Å². The first-order chi connectivity index (χ1) is 9.24. The third-order valence-electron chi connectivity index (χ3n) is 3.00. The molecule has 1 N–H and O–H groups in total. The number of esters is 1. The molecule has 0 aromatic carbocycles. The highest BCUT2D eigenvalue weighted by Gasteiger charge is 2.04. The molecule has 0 saturated heterocycles. The summed E-state index contributed by atoms with van der Waals surface area (Å²) in [6.07, 6.45) is 7.23. The summed E-state index contributed by atoms with van der Waals surface area (Å²) in [6, 6.07) is 4.34. The molecule has 0 unspecified atom stereocenters. The fourth-order valence-corrected chi connectivity index (χ4v) is 1.87. The van der Waals surface area contributed by atoms with Crippen LogP contribution in [0, 0.1) is 0 Å². The number of rotatable bonds is 9. The number of unbranched alkanes of at least 4 members (excludes halogenated alkanes) is 2. The fourth-order valence-electron chi connectivity index (χ4n) is 1.87. The van der Waals surface area contributed by atoms with E-state index in [4.69, 9.17) is 4.74 Å². The Labute approximate surface area is 115 Å². The van der Waals surface area contributed by atoms with E-state index in [1.165, 1.54) is 5.56 Å². The molecule has 19 heavy (non-hydrogen) atoms. The van der Waals surface area contributed by atoms with E-state index < -0.39 is 0 Å². The average Bonchev–Trinajstić information content (AvgIpc) is 2.43. The van der Waals surface area contributed by atoms with Gasteiger partial charge in [0.05, 0.1) is 6.61 Å². The van der Waals surface area contributed by atoms with Crippen molar-refractivity contribution >= 4 is 5.97 Å². The lowest BCUT2D eigenvalue weighted by atomic mass is 10.1. The Bertz CT molecular complexity index is 354. The Morgan fingerprint density at radius 2 is 2.26 bits per heavy atom. The molecule has 4 heteroatoms. The van der Waals surface area contributed by atoms with Crippen LogP contribution in [0.4, 0.5) is 0 Å². The van der Waals surface area contributed by atoms with Gasteiger partial charge in [0.15, 0.2) is 0 Å².